The van der Waals surface area contributed by atoms with E-state index in [1.165, 1.54) is 5.56 Å². The van der Waals surface area contributed by atoms with Crippen LogP contribution in [0.4, 0.5) is 5.69 Å². The summed E-state index contributed by atoms with van der Waals surface area (Å²) in [5.41, 5.74) is 5.09. The normalized spacial score (nSPS) is 12.0. The molecule has 1 heterocycles. The number of fused-ring (bicyclic) bond motifs is 1. The molecule has 5 nitrogen and oxygen atoms in total. The number of oxazole rings is 1. The van der Waals surface area contributed by atoms with E-state index in [1.54, 1.807) is 18.3 Å². The van der Waals surface area contributed by atoms with Crippen LogP contribution in [-0.4, -0.2) is 22.9 Å². The van der Waals surface area contributed by atoms with E-state index in [0.29, 0.717) is 23.8 Å². The molecule has 0 aliphatic carbocycles. The van der Waals surface area contributed by atoms with Crippen molar-refractivity contribution in [3.8, 4) is 23.0 Å². The summed E-state index contributed by atoms with van der Waals surface area (Å²) in [4.78, 5) is 9.16. The molecule has 0 saturated carbocycles. The van der Waals surface area contributed by atoms with Gasteiger partial charge in [-0.2, -0.15) is 0 Å². The van der Waals surface area contributed by atoms with Gasteiger partial charge in [0, 0.05) is 21.8 Å². The number of aromatic hydroxyl groups is 1. The first-order valence-electron chi connectivity index (χ1n) is 10.5. The molecule has 0 radical (unpaired) electrons. The topological polar surface area (TPSA) is 67.9 Å². The van der Waals surface area contributed by atoms with Crippen LogP contribution in [0, 0.1) is 0 Å². The number of phenols is 1. The van der Waals surface area contributed by atoms with Crippen LogP contribution in [0.1, 0.15) is 38.8 Å². The predicted molar refractivity (Wildman–Crippen MR) is 132 cm³/mol. The van der Waals surface area contributed by atoms with Gasteiger partial charge in [-0.05, 0) is 66.4 Å². The molecular formula is C26H25BrN2O3. The van der Waals surface area contributed by atoms with Gasteiger partial charge < -0.3 is 14.3 Å². The molecule has 0 atom stereocenters. The Morgan fingerprint density at radius 3 is 2.53 bits per heavy atom. The van der Waals surface area contributed by atoms with Gasteiger partial charge in [0.2, 0.25) is 5.89 Å². The standard InChI is InChI=1S/C26H25BrN2O3/c1-5-31-23-14-19(27)12-17(24(23)30)15-28-20-9-6-16(7-10-20)25-29-21-13-18(26(2,3)4)8-11-22(21)32-25/h6-15,30H,5H2,1-4H3. The summed E-state index contributed by atoms with van der Waals surface area (Å²) in [5.74, 6) is 1.06. The molecular weight excluding hydrogens is 468 g/mol. The zero-order valence-electron chi connectivity index (χ0n) is 18.5. The van der Waals surface area contributed by atoms with Crippen molar-refractivity contribution in [1.29, 1.82) is 0 Å². The van der Waals surface area contributed by atoms with Gasteiger partial charge in [-0.1, -0.05) is 42.8 Å². The molecule has 6 heteroatoms. The Labute approximate surface area is 195 Å². The summed E-state index contributed by atoms with van der Waals surface area (Å²) in [6.45, 7) is 8.88. The van der Waals surface area contributed by atoms with Crippen LogP contribution < -0.4 is 4.74 Å². The number of nitrogens with zero attached hydrogens (tertiary/aromatic N) is 2. The van der Waals surface area contributed by atoms with Gasteiger partial charge in [0.1, 0.15) is 5.52 Å². The monoisotopic (exact) mass is 492 g/mol. The molecule has 0 aliphatic rings. The Morgan fingerprint density at radius 2 is 1.84 bits per heavy atom. The maximum atomic E-state index is 10.4. The first-order valence-corrected chi connectivity index (χ1v) is 11.2. The molecule has 4 rings (SSSR count). The zero-order chi connectivity index (χ0) is 22.9. The van der Waals surface area contributed by atoms with Gasteiger partial charge in [-0.3, -0.25) is 4.99 Å². The van der Waals surface area contributed by atoms with Gasteiger partial charge in [0.05, 0.1) is 12.3 Å². The van der Waals surface area contributed by atoms with Crippen molar-refractivity contribution in [1.82, 2.24) is 4.98 Å². The van der Waals surface area contributed by atoms with Crippen LogP contribution in [0.25, 0.3) is 22.6 Å². The Hall–Kier alpha value is -3.12. The maximum absolute atomic E-state index is 10.4. The molecule has 0 fully saturated rings. The number of rotatable bonds is 5. The van der Waals surface area contributed by atoms with E-state index in [1.807, 2.05) is 37.3 Å². The second kappa shape index (κ2) is 8.79. The van der Waals surface area contributed by atoms with Crippen LogP contribution in [-0.2, 0) is 5.41 Å². The van der Waals surface area contributed by atoms with Gasteiger partial charge in [0.25, 0.3) is 0 Å². The molecule has 0 saturated heterocycles. The number of ether oxygens (including phenoxy) is 1. The zero-order valence-corrected chi connectivity index (χ0v) is 20.1. The minimum Gasteiger partial charge on any atom is -0.504 e. The molecule has 32 heavy (non-hydrogen) atoms. The van der Waals surface area contributed by atoms with Gasteiger partial charge >= 0.3 is 0 Å². The third-order valence-electron chi connectivity index (χ3n) is 5.09. The van der Waals surface area contributed by atoms with E-state index in [4.69, 9.17) is 9.15 Å². The Kier molecular flexibility index (Phi) is 6.07. The molecule has 0 bridgehead atoms. The summed E-state index contributed by atoms with van der Waals surface area (Å²) >= 11 is 3.44. The van der Waals surface area contributed by atoms with Crippen molar-refractivity contribution in [2.75, 3.05) is 6.61 Å². The highest BCUT2D eigenvalue weighted by molar-refractivity contribution is 9.10. The largest absolute Gasteiger partial charge is 0.504 e. The smallest absolute Gasteiger partial charge is 0.227 e. The van der Waals surface area contributed by atoms with Crippen LogP contribution in [0.5, 0.6) is 11.5 Å². The van der Waals surface area contributed by atoms with E-state index in [2.05, 4.69) is 58.8 Å². The van der Waals surface area contributed by atoms with E-state index in [9.17, 15) is 5.11 Å². The van der Waals surface area contributed by atoms with Crippen molar-refractivity contribution in [2.24, 2.45) is 4.99 Å². The van der Waals surface area contributed by atoms with Crippen molar-refractivity contribution in [3.63, 3.8) is 0 Å². The number of aromatic nitrogens is 1. The molecule has 4 aromatic rings. The third-order valence-corrected chi connectivity index (χ3v) is 5.55. The molecule has 0 unspecified atom stereocenters. The molecule has 1 N–H and O–H groups in total. The SMILES string of the molecule is CCOc1cc(Br)cc(C=Nc2ccc(-c3nc4cc(C(C)(C)C)ccc4o3)cc2)c1O. The fourth-order valence-corrected chi connectivity index (χ4v) is 3.76. The van der Waals surface area contributed by atoms with E-state index in [-0.39, 0.29) is 11.2 Å². The summed E-state index contributed by atoms with van der Waals surface area (Å²) < 4.78 is 12.2. The minimum absolute atomic E-state index is 0.0547. The third kappa shape index (κ3) is 4.70. The average Bonchev–Trinajstić information content (AvgIpc) is 3.18. The van der Waals surface area contributed by atoms with Crippen molar-refractivity contribution in [3.05, 3.63) is 70.2 Å². The second-order valence-corrected chi connectivity index (χ2v) is 9.45. The minimum atomic E-state index is 0.0547. The fraction of sp³-hybridized carbons (Fsp3) is 0.231. The van der Waals surface area contributed by atoms with Crippen molar-refractivity contribution < 1.29 is 14.3 Å². The lowest BCUT2D eigenvalue weighted by Crippen LogP contribution is -2.10. The van der Waals surface area contributed by atoms with Crippen LogP contribution in [0.2, 0.25) is 0 Å². The maximum Gasteiger partial charge on any atom is 0.227 e. The summed E-state index contributed by atoms with van der Waals surface area (Å²) in [6, 6.07) is 17.3. The number of halogens is 1. The molecule has 1 aromatic heterocycles. The number of aliphatic imine (C=N–C) groups is 1. The lowest BCUT2D eigenvalue weighted by molar-refractivity contribution is 0.317. The summed E-state index contributed by atoms with van der Waals surface area (Å²) in [7, 11) is 0. The quantitative estimate of drug-likeness (QED) is 0.294. The van der Waals surface area contributed by atoms with Crippen LogP contribution >= 0.6 is 15.9 Å². The van der Waals surface area contributed by atoms with Crippen molar-refractivity contribution >= 4 is 38.9 Å². The summed E-state index contributed by atoms with van der Waals surface area (Å²) in [6.07, 6.45) is 1.62. The molecule has 0 amide bonds. The Morgan fingerprint density at radius 1 is 1.09 bits per heavy atom. The fourth-order valence-electron chi connectivity index (χ4n) is 3.31. The highest BCUT2D eigenvalue weighted by Gasteiger charge is 2.16. The van der Waals surface area contributed by atoms with Gasteiger partial charge in [-0.15, -0.1) is 0 Å². The molecule has 164 valence electrons. The highest BCUT2D eigenvalue weighted by atomic mass is 79.9. The number of benzene rings is 3. The highest BCUT2D eigenvalue weighted by Crippen LogP contribution is 2.34. The Bertz CT molecular complexity index is 1290. The van der Waals surface area contributed by atoms with E-state index < -0.39 is 0 Å². The van der Waals surface area contributed by atoms with Crippen LogP contribution in [0.3, 0.4) is 0 Å². The number of hydrogen-bond donors (Lipinski definition) is 1. The lowest BCUT2D eigenvalue weighted by Gasteiger charge is -2.18. The van der Waals surface area contributed by atoms with Gasteiger partial charge in [0.15, 0.2) is 17.1 Å². The predicted octanol–water partition coefficient (Wildman–Crippen LogP) is 7.41. The molecule has 0 spiro atoms. The first kappa shape index (κ1) is 22.1. The Balaban J connectivity index is 1.57. The van der Waals surface area contributed by atoms with Gasteiger partial charge in [-0.25, -0.2) is 4.98 Å². The van der Waals surface area contributed by atoms with Crippen LogP contribution in [0.15, 0.2) is 68.5 Å². The summed E-state index contributed by atoms with van der Waals surface area (Å²) in [5, 5.41) is 10.4. The molecule has 3 aromatic carbocycles. The number of hydrogen-bond acceptors (Lipinski definition) is 5. The first-order chi connectivity index (χ1) is 15.2. The lowest BCUT2D eigenvalue weighted by atomic mass is 9.87. The average molecular weight is 493 g/mol. The molecule has 0 aliphatic heterocycles. The second-order valence-electron chi connectivity index (χ2n) is 8.53. The number of phenolic OH excluding ortho intramolecular Hbond substituents is 1. The van der Waals surface area contributed by atoms with E-state index in [0.717, 1.165) is 26.8 Å². The van der Waals surface area contributed by atoms with Crippen molar-refractivity contribution in [2.45, 2.75) is 33.1 Å². The van der Waals surface area contributed by atoms with E-state index >= 15 is 0 Å².